The Morgan fingerprint density at radius 3 is 2.10 bits per heavy atom. The average Bonchev–Trinajstić information content (AvgIpc) is 2.73. The van der Waals surface area contributed by atoms with Crippen LogP contribution in [0.3, 0.4) is 0 Å². The van der Waals surface area contributed by atoms with Gasteiger partial charge in [-0.2, -0.15) is 0 Å². The lowest BCUT2D eigenvalue weighted by Gasteiger charge is -2.30. The molecule has 2 rings (SSSR count). The van der Waals surface area contributed by atoms with Crippen LogP contribution in [0.1, 0.15) is 37.6 Å². The minimum absolute atomic E-state index is 0.202. The maximum atomic E-state index is 13.2. The summed E-state index contributed by atoms with van der Waals surface area (Å²) >= 11 is 5.93. The van der Waals surface area contributed by atoms with Crippen molar-refractivity contribution in [3.8, 4) is 0 Å². The van der Waals surface area contributed by atoms with E-state index in [1.165, 1.54) is 0 Å². The van der Waals surface area contributed by atoms with Crippen molar-refractivity contribution >= 4 is 44.8 Å². The van der Waals surface area contributed by atoms with Gasteiger partial charge in [0.25, 0.3) is 5.91 Å². The van der Waals surface area contributed by atoms with Crippen molar-refractivity contribution in [2.45, 2.75) is 33.2 Å². The van der Waals surface area contributed by atoms with Crippen molar-refractivity contribution in [1.29, 1.82) is 0 Å². The minimum Gasteiger partial charge on any atom is -0.339 e. The Bertz CT molecular complexity index is 1020. The SMILES string of the molecule is CC[C@H](C(=O)Nc1ccccc1C(=O)N(CC)CC)N(c1ccc(Cl)cc1)S(C)(=O)=O. The molecule has 0 unspecified atom stereocenters. The molecule has 2 aromatic rings. The average molecular weight is 466 g/mol. The summed E-state index contributed by atoms with van der Waals surface area (Å²) in [6.45, 7) is 6.56. The standard InChI is InChI=1S/C22H28ClN3O4S/c1-5-20(26(31(4,29)30)17-14-12-16(23)13-15-17)21(27)24-19-11-9-8-10-18(19)22(28)25(6-2)7-3/h8-15,20H,5-7H2,1-4H3,(H,24,27)/t20-/m1/s1. The van der Waals surface area contributed by atoms with Crippen LogP contribution in [-0.4, -0.2) is 50.5 Å². The second-order valence-corrected chi connectivity index (χ2v) is 9.27. The summed E-state index contributed by atoms with van der Waals surface area (Å²) in [6, 6.07) is 11.9. The lowest BCUT2D eigenvalue weighted by molar-refractivity contribution is -0.117. The first-order valence-electron chi connectivity index (χ1n) is 10.1. The molecule has 0 aliphatic rings. The van der Waals surface area contributed by atoms with Gasteiger partial charge in [0.1, 0.15) is 6.04 Å². The number of halogens is 1. The Morgan fingerprint density at radius 1 is 1.00 bits per heavy atom. The second kappa shape index (κ2) is 10.6. The summed E-state index contributed by atoms with van der Waals surface area (Å²) in [5.41, 5.74) is 1.03. The molecule has 0 aromatic heterocycles. The number of anilines is 2. The first kappa shape index (κ1) is 24.7. The van der Waals surface area contributed by atoms with Gasteiger partial charge in [-0.15, -0.1) is 0 Å². The molecule has 0 spiro atoms. The highest BCUT2D eigenvalue weighted by Crippen LogP contribution is 2.26. The number of hydrogen-bond acceptors (Lipinski definition) is 4. The third-order valence-electron chi connectivity index (χ3n) is 4.88. The Labute approximate surface area is 189 Å². The van der Waals surface area contributed by atoms with Crippen LogP contribution in [0, 0.1) is 0 Å². The first-order chi connectivity index (χ1) is 14.6. The monoisotopic (exact) mass is 465 g/mol. The van der Waals surface area contributed by atoms with Crippen molar-refractivity contribution in [2.24, 2.45) is 0 Å². The summed E-state index contributed by atoms with van der Waals surface area (Å²) in [4.78, 5) is 27.7. The van der Waals surface area contributed by atoms with E-state index in [4.69, 9.17) is 11.6 Å². The van der Waals surface area contributed by atoms with E-state index in [9.17, 15) is 18.0 Å². The van der Waals surface area contributed by atoms with E-state index < -0.39 is 22.0 Å². The number of carbonyl (C=O) groups is 2. The number of hydrogen-bond donors (Lipinski definition) is 1. The number of amides is 2. The number of nitrogens with one attached hydrogen (secondary N) is 1. The number of rotatable bonds is 9. The lowest BCUT2D eigenvalue weighted by atomic mass is 10.1. The molecule has 1 atom stereocenters. The Balaban J connectivity index is 2.40. The zero-order chi connectivity index (χ0) is 23.2. The fraction of sp³-hybridized carbons (Fsp3) is 0.364. The van der Waals surface area contributed by atoms with Gasteiger partial charge in [0.15, 0.2) is 0 Å². The Kier molecular flexibility index (Phi) is 8.47. The van der Waals surface area contributed by atoms with Crippen LogP contribution in [0.2, 0.25) is 5.02 Å². The molecule has 2 aromatic carbocycles. The number of para-hydroxylation sites is 1. The summed E-state index contributed by atoms with van der Waals surface area (Å²) < 4.78 is 26.2. The predicted molar refractivity (Wildman–Crippen MR) is 125 cm³/mol. The van der Waals surface area contributed by atoms with Gasteiger partial charge in [-0.3, -0.25) is 13.9 Å². The fourth-order valence-corrected chi connectivity index (χ4v) is 4.66. The fourth-order valence-electron chi connectivity index (χ4n) is 3.32. The van der Waals surface area contributed by atoms with Crippen molar-refractivity contribution in [1.82, 2.24) is 4.90 Å². The maximum Gasteiger partial charge on any atom is 0.255 e. The Hall–Kier alpha value is -2.58. The molecule has 0 aliphatic carbocycles. The number of nitrogens with zero attached hydrogens (tertiary/aromatic N) is 2. The molecule has 0 heterocycles. The van der Waals surface area contributed by atoms with Crippen LogP contribution in [-0.2, 0) is 14.8 Å². The van der Waals surface area contributed by atoms with Gasteiger partial charge in [0, 0.05) is 18.1 Å². The van der Waals surface area contributed by atoms with E-state index in [-0.39, 0.29) is 12.3 Å². The van der Waals surface area contributed by atoms with E-state index in [0.29, 0.717) is 35.1 Å². The quantitative estimate of drug-likeness (QED) is 0.606. The molecule has 168 valence electrons. The van der Waals surface area contributed by atoms with E-state index in [1.54, 1.807) is 60.4 Å². The van der Waals surface area contributed by atoms with Crippen molar-refractivity contribution in [3.63, 3.8) is 0 Å². The molecule has 0 fully saturated rings. The molecular formula is C22H28ClN3O4S. The number of benzene rings is 2. The molecule has 0 saturated heterocycles. The van der Waals surface area contributed by atoms with Crippen molar-refractivity contribution in [2.75, 3.05) is 29.0 Å². The molecule has 31 heavy (non-hydrogen) atoms. The van der Waals surface area contributed by atoms with E-state index >= 15 is 0 Å². The summed E-state index contributed by atoms with van der Waals surface area (Å²) in [6.07, 6.45) is 1.28. The number of sulfonamides is 1. The van der Waals surface area contributed by atoms with E-state index in [2.05, 4.69) is 5.32 Å². The largest absolute Gasteiger partial charge is 0.339 e. The molecule has 0 aliphatic heterocycles. The minimum atomic E-state index is -3.77. The third-order valence-corrected chi connectivity index (χ3v) is 6.31. The van der Waals surface area contributed by atoms with Crippen LogP contribution in [0.4, 0.5) is 11.4 Å². The molecule has 9 heteroatoms. The molecule has 7 nitrogen and oxygen atoms in total. The van der Waals surface area contributed by atoms with Gasteiger partial charge in [-0.25, -0.2) is 8.42 Å². The van der Waals surface area contributed by atoms with Gasteiger partial charge in [-0.05, 0) is 56.7 Å². The van der Waals surface area contributed by atoms with Crippen molar-refractivity contribution < 1.29 is 18.0 Å². The van der Waals surface area contributed by atoms with E-state index in [0.717, 1.165) is 10.6 Å². The zero-order valence-electron chi connectivity index (χ0n) is 18.1. The van der Waals surface area contributed by atoms with Gasteiger partial charge in [0.05, 0.1) is 23.2 Å². The summed E-state index contributed by atoms with van der Waals surface area (Å²) in [5, 5.41) is 3.22. The molecule has 2 amide bonds. The number of carbonyl (C=O) groups excluding carboxylic acids is 2. The normalized spacial score (nSPS) is 12.2. The van der Waals surface area contributed by atoms with Crippen molar-refractivity contribution in [3.05, 3.63) is 59.1 Å². The van der Waals surface area contributed by atoms with Gasteiger partial charge in [0.2, 0.25) is 15.9 Å². The lowest BCUT2D eigenvalue weighted by Crippen LogP contribution is -2.47. The summed E-state index contributed by atoms with van der Waals surface area (Å²) in [5.74, 6) is -0.728. The van der Waals surface area contributed by atoms with Crippen LogP contribution < -0.4 is 9.62 Å². The third kappa shape index (κ3) is 5.98. The molecule has 0 bridgehead atoms. The molecular weight excluding hydrogens is 438 g/mol. The first-order valence-corrected chi connectivity index (χ1v) is 12.3. The highest BCUT2D eigenvalue weighted by molar-refractivity contribution is 7.92. The second-order valence-electron chi connectivity index (χ2n) is 6.97. The predicted octanol–water partition coefficient (Wildman–Crippen LogP) is 4.01. The molecule has 1 N–H and O–H groups in total. The van der Waals surface area contributed by atoms with Crippen LogP contribution in [0.25, 0.3) is 0 Å². The van der Waals surface area contributed by atoms with Crippen LogP contribution in [0.15, 0.2) is 48.5 Å². The van der Waals surface area contributed by atoms with E-state index in [1.807, 2.05) is 13.8 Å². The van der Waals surface area contributed by atoms with Gasteiger partial charge in [-0.1, -0.05) is 30.7 Å². The van der Waals surface area contributed by atoms with Gasteiger partial charge < -0.3 is 10.2 Å². The highest BCUT2D eigenvalue weighted by atomic mass is 35.5. The summed E-state index contributed by atoms with van der Waals surface area (Å²) in [7, 11) is -3.77. The molecule has 0 saturated carbocycles. The zero-order valence-corrected chi connectivity index (χ0v) is 19.7. The van der Waals surface area contributed by atoms with Gasteiger partial charge >= 0.3 is 0 Å². The van der Waals surface area contributed by atoms with Crippen LogP contribution >= 0.6 is 11.6 Å². The maximum absolute atomic E-state index is 13.2. The van der Waals surface area contributed by atoms with Crippen LogP contribution in [0.5, 0.6) is 0 Å². The molecule has 0 radical (unpaired) electrons. The Morgan fingerprint density at radius 2 is 1.58 bits per heavy atom. The topological polar surface area (TPSA) is 86.8 Å². The highest BCUT2D eigenvalue weighted by Gasteiger charge is 2.32. The smallest absolute Gasteiger partial charge is 0.255 e.